The molecule has 3 heteroatoms. The lowest BCUT2D eigenvalue weighted by molar-refractivity contribution is 0.205. The highest BCUT2D eigenvalue weighted by molar-refractivity contribution is 14.1. The molecule has 2 fully saturated rings. The average Bonchev–Trinajstić information content (AvgIpc) is 3.24. The third-order valence-electron chi connectivity index (χ3n) is 5.55. The van der Waals surface area contributed by atoms with Gasteiger partial charge in [0.2, 0.25) is 0 Å². The molecule has 2 aliphatic carbocycles. The highest BCUT2D eigenvalue weighted by Crippen LogP contribution is 2.60. The van der Waals surface area contributed by atoms with Gasteiger partial charge >= 0.3 is 0 Å². The van der Waals surface area contributed by atoms with Crippen molar-refractivity contribution in [3.8, 4) is 0 Å². The van der Waals surface area contributed by atoms with Crippen LogP contribution >= 0.6 is 22.6 Å². The summed E-state index contributed by atoms with van der Waals surface area (Å²) in [5.41, 5.74) is 1.71. The molecule has 2 saturated carbocycles. The molecule has 0 heterocycles. The van der Waals surface area contributed by atoms with Crippen LogP contribution in [0.4, 0.5) is 4.39 Å². The molecule has 126 valence electrons. The van der Waals surface area contributed by atoms with Crippen molar-refractivity contribution in [1.82, 2.24) is 0 Å². The molecule has 0 aromatic rings. The molecule has 0 unspecified atom stereocenters. The number of nitrogens with zero attached hydrogens (tertiary/aromatic N) is 1. The maximum atomic E-state index is 13.5. The number of halogens is 2. The van der Waals surface area contributed by atoms with Crippen LogP contribution in [0, 0.1) is 11.3 Å². The molecular formula is C19H31FIN. The van der Waals surface area contributed by atoms with Crippen molar-refractivity contribution in [3.63, 3.8) is 0 Å². The zero-order chi connectivity index (χ0) is 16.4. The molecule has 0 bridgehead atoms. The van der Waals surface area contributed by atoms with Gasteiger partial charge in [-0.3, -0.25) is 4.99 Å². The lowest BCUT2D eigenvalue weighted by atomic mass is 9.74. The highest BCUT2D eigenvalue weighted by atomic mass is 127. The van der Waals surface area contributed by atoms with Gasteiger partial charge in [-0.05, 0) is 89.0 Å². The quantitative estimate of drug-likeness (QED) is 0.199. The zero-order valence-corrected chi connectivity index (χ0v) is 16.6. The largest absolute Gasteiger partial charge is 0.290 e. The monoisotopic (exact) mass is 419 g/mol. The first-order valence-electron chi connectivity index (χ1n) is 8.74. The van der Waals surface area contributed by atoms with Crippen molar-refractivity contribution in [3.05, 3.63) is 12.2 Å². The first-order valence-corrected chi connectivity index (χ1v) is 9.99. The smallest absolute Gasteiger partial charge is 0.105 e. The molecule has 0 aliphatic heterocycles. The summed E-state index contributed by atoms with van der Waals surface area (Å²) in [7, 11) is 0. The van der Waals surface area contributed by atoms with Gasteiger partial charge in [-0.2, -0.15) is 0 Å². The Balaban J connectivity index is 1.84. The Kier molecular flexibility index (Phi) is 6.12. The van der Waals surface area contributed by atoms with Gasteiger partial charge in [0, 0.05) is 9.64 Å². The number of hydrogen-bond donors (Lipinski definition) is 0. The predicted molar refractivity (Wildman–Crippen MR) is 103 cm³/mol. The maximum absolute atomic E-state index is 13.5. The molecule has 22 heavy (non-hydrogen) atoms. The van der Waals surface area contributed by atoms with Crippen LogP contribution in [-0.2, 0) is 0 Å². The predicted octanol–water partition coefficient (Wildman–Crippen LogP) is 6.31. The second-order valence-corrected chi connectivity index (χ2v) is 9.74. The van der Waals surface area contributed by atoms with E-state index in [1.165, 1.54) is 44.1 Å². The van der Waals surface area contributed by atoms with Crippen LogP contribution in [0.25, 0.3) is 0 Å². The minimum atomic E-state index is -1.09. The van der Waals surface area contributed by atoms with Crippen LogP contribution in [-0.4, -0.2) is 21.8 Å². The van der Waals surface area contributed by atoms with E-state index < -0.39 is 5.67 Å². The van der Waals surface area contributed by atoms with Gasteiger partial charge in [-0.15, -0.1) is 0 Å². The first-order chi connectivity index (χ1) is 10.2. The SMILES string of the molecule is C=C(CN=C(C)CCC(C)(C)F)C1(C2CCC(I)CC2)CC1. The fourth-order valence-corrected chi connectivity index (χ4v) is 4.45. The van der Waals surface area contributed by atoms with Gasteiger partial charge in [-0.1, -0.05) is 29.2 Å². The number of alkyl halides is 2. The Bertz CT molecular complexity index is 423. The second kappa shape index (κ2) is 7.31. The molecule has 2 aliphatic rings. The molecule has 0 atom stereocenters. The summed E-state index contributed by atoms with van der Waals surface area (Å²) in [6.45, 7) is 10.4. The van der Waals surface area contributed by atoms with Crippen molar-refractivity contribution in [1.29, 1.82) is 0 Å². The Labute approximate surface area is 149 Å². The first kappa shape index (κ1) is 18.4. The van der Waals surface area contributed by atoms with Crippen molar-refractivity contribution in [2.75, 3.05) is 6.54 Å². The molecule has 0 spiro atoms. The van der Waals surface area contributed by atoms with Crippen LogP contribution in [0.2, 0.25) is 0 Å². The Morgan fingerprint density at radius 3 is 2.36 bits per heavy atom. The van der Waals surface area contributed by atoms with E-state index in [-0.39, 0.29) is 0 Å². The molecular weight excluding hydrogens is 388 g/mol. The summed E-state index contributed by atoms with van der Waals surface area (Å²) < 4.78 is 14.4. The third kappa shape index (κ3) is 5.04. The van der Waals surface area contributed by atoms with E-state index in [1.807, 2.05) is 6.92 Å². The maximum Gasteiger partial charge on any atom is 0.105 e. The molecule has 0 aromatic heterocycles. The van der Waals surface area contributed by atoms with Crippen molar-refractivity contribution in [2.24, 2.45) is 16.3 Å². The van der Waals surface area contributed by atoms with E-state index in [2.05, 4.69) is 29.2 Å². The average molecular weight is 419 g/mol. The van der Waals surface area contributed by atoms with E-state index in [0.29, 0.717) is 11.8 Å². The number of rotatable bonds is 7. The molecule has 0 amide bonds. The summed E-state index contributed by atoms with van der Waals surface area (Å²) in [4.78, 5) is 4.69. The lowest BCUT2D eigenvalue weighted by Crippen LogP contribution is -2.25. The van der Waals surface area contributed by atoms with Gasteiger partial charge in [0.25, 0.3) is 0 Å². The lowest BCUT2D eigenvalue weighted by Gasteiger charge is -2.33. The van der Waals surface area contributed by atoms with Crippen LogP contribution in [0.1, 0.15) is 72.1 Å². The van der Waals surface area contributed by atoms with Gasteiger partial charge < -0.3 is 0 Å². The molecule has 0 aromatic carbocycles. The zero-order valence-electron chi connectivity index (χ0n) is 14.4. The van der Waals surface area contributed by atoms with E-state index in [4.69, 9.17) is 4.99 Å². The Hall–Kier alpha value is 0.0700. The summed E-state index contributed by atoms with van der Waals surface area (Å²) in [6, 6.07) is 0. The Morgan fingerprint density at radius 1 is 1.27 bits per heavy atom. The summed E-state index contributed by atoms with van der Waals surface area (Å²) in [6.07, 6.45) is 9.41. The van der Waals surface area contributed by atoms with Crippen LogP contribution in [0.3, 0.4) is 0 Å². The van der Waals surface area contributed by atoms with Gasteiger partial charge in [0.05, 0.1) is 6.54 Å². The van der Waals surface area contributed by atoms with E-state index in [1.54, 1.807) is 13.8 Å². The van der Waals surface area contributed by atoms with Crippen molar-refractivity contribution in [2.45, 2.75) is 81.7 Å². The van der Waals surface area contributed by atoms with E-state index in [0.717, 1.165) is 28.5 Å². The molecule has 0 N–H and O–H groups in total. The standard InChI is InChI=1S/C19H31FIN/c1-14(13-22-15(2)9-10-18(3,4)20)19(11-12-19)16-5-7-17(21)8-6-16/h16-17H,1,5-13H2,2-4H3. The summed E-state index contributed by atoms with van der Waals surface area (Å²) in [5, 5.41) is 0. The number of aliphatic imine (C=N–C) groups is 1. The van der Waals surface area contributed by atoms with Gasteiger partial charge in [0.1, 0.15) is 5.67 Å². The topological polar surface area (TPSA) is 12.4 Å². The number of hydrogen-bond acceptors (Lipinski definition) is 1. The van der Waals surface area contributed by atoms with Gasteiger partial charge in [-0.25, -0.2) is 4.39 Å². The second-order valence-electron chi connectivity index (χ2n) is 7.98. The minimum Gasteiger partial charge on any atom is -0.290 e. The van der Waals surface area contributed by atoms with Crippen molar-refractivity contribution < 1.29 is 4.39 Å². The highest BCUT2D eigenvalue weighted by Gasteiger charge is 2.51. The molecule has 1 nitrogen and oxygen atoms in total. The van der Waals surface area contributed by atoms with E-state index in [9.17, 15) is 4.39 Å². The molecule has 0 radical (unpaired) electrons. The molecule has 0 saturated heterocycles. The van der Waals surface area contributed by atoms with E-state index >= 15 is 0 Å². The minimum absolute atomic E-state index is 0.403. The third-order valence-corrected chi connectivity index (χ3v) is 6.80. The fraction of sp³-hybridized carbons (Fsp3) is 0.842. The van der Waals surface area contributed by atoms with Crippen LogP contribution in [0.5, 0.6) is 0 Å². The summed E-state index contributed by atoms with van der Waals surface area (Å²) >= 11 is 2.60. The van der Waals surface area contributed by atoms with Crippen LogP contribution in [0.15, 0.2) is 17.1 Å². The Morgan fingerprint density at radius 2 is 1.86 bits per heavy atom. The summed E-state index contributed by atoms with van der Waals surface area (Å²) in [5.74, 6) is 0.839. The molecule has 2 rings (SSSR count). The van der Waals surface area contributed by atoms with Crippen molar-refractivity contribution >= 4 is 28.3 Å². The normalized spacial score (nSPS) is 28.5. The van der Waals surface area contributed by atoms with Gasteiger partial charge in [0.15, 0.2) is 0 Å². The fourth-order valence-electron chi connectivity index (χ4n) is 3.74. The van der Waals surface area contributed by atoms with Crippen LogP contribution < -0.4 is 0 Å².